The Labute approximate surface area is 191 Å². The number of benzene rings is 1. The van der Waals surface area contributed by atoms with Gasteiger partial charge >= 0.3 is 5.97 Å². The zero-order valence-corrected chi connectivity index (χ0v) is 19.6. The first kappa shape index (κ1) is 23.9. The van der Waals surface area contributed by atoms with E-state index in [2.05, 4.69) is 4.98 Å². The molecule has 2 aromatic heterocycles. The zero-order chi connectivity index (χ0) is 23.3. The van der Waals surface area contributed by atoms with Crippen LogP contribution in [0.15, 0.2) is 46.2 Å². The normalized spacial score (nSPS) is 11.9. The average Bonchev–Trinajstić information content (AvgIpc) is 3.37. The van der Waals surface area contributed by atoms with Crippen molar-refractivity contribution in [1.82, 2.24) is 13.6 Å². The molecule has 11 heteroatoms. The lowest BCUT2D eigenvalue weighted by Crippen LogP contribution is -2.42. The highest BCUT2D eigenvalue weighted by atomic mass is 32.2. The van der Waals surface area contributed by atoms with E-state index < -0.39 is 22.7 Å². The molecule has 0 saturated carbocycles. The highest BCUT2D eigenvalue weighted by Gasteiger charge is 2.27. The van der Waals surface area contributed by atoms with E-state index in [-0.39, 0.29) is 6.54 Å². The lowest BCUT2D eigenvalue weighted by molar-refractivity contribution is -0.137. The van der Waals surface area contributed by atoms with Crippen LogP contribution in [0.25, 0.3) is 10.8 Å². The van der Waals surface area contributed by atoms with Crippen LogP contribution in [-0.2, 0) is 28.0 Å². The maximum atomic E-state index is 12.4. The molecule has 0 amide bonds. The standard InChI is InChI=1S/C21H25N3O6S2/c1-15-18(22-21(30-15)19-8-5-11-31-19)9-10-29-17-7-4-6-16(12-17)13-24(14-20(25)26)32(27,28)23(2)3/h4-8,11-12H,9-10,13-14H2,1-3H3,(H,25,26). The summed E-state index contributed by atoms with van der Waals surface area (Å²) in [5.41, 5.74) is 1.43. The Morgan fingerprint density at radius 1 is 1.25 bits per heavy atom. The number of aromatic nitrogens is 1. The third-order valence-corrected chi connectivity index (χ3v) is 7.28. The van der Waals surface area contributed by atoms with Crippen LogP contribution in [0.1, 0.15) is 17.0 Å². The first-order valence-corrected chi connectivity index (χ1v) is 12.1. The number of carboxylic acid groups (broad SMARTS) is 1. The van der Waals surface area contributed by atoms with Crippen molar-refractivity contribution in [1.29, 1.82) is 0 Å². The van der Waals surface area contributed by atoms with E-state index in [4.69, 9.17) is 14.3 Å². The van der Waals surface area contributed by atoms with Crippen molar-refractivity contribution in [2.45, 2.75) is 19.9 Å². The Morgan fingerprint density at radius 3 is 2.69 bits per heavy atom. The Kier molecular flexibility index (Phi) is 7.67. The van der Waals surface area contributed by atoms with Gasteiger partial charge in [-0.1, -0.05) is 18.2 Å². The second kappa shape index (κ2) is 10.3. The van der Waals surface area contributed by atoms with Gasteiger partial charge in [-0.15, -0.1) is 11.3 Å². The molecular weight excluding hydrogens is 454 g/mol. The van der Waals surface area contributed by atoms with E-state index in [1.165, 1.54) is 14.1 Å². The van der Waals surface area contributed by atoms with Crippen LogP contribution in [0.5, 0.6) is 5.75 Å². The van der Waals surface area contributed by atoms with E-state index in [1.807, 2.05) is 24.4 Å². The fraction of sp³-hybridized carbons (Fsp3) is 0.333. The van der Waals surface area contributed by atoms with Gasteiger partial charge in [0.05, 0.1) is 17.2 Å². The second-order valence-corrected chi connectivity index (χ2v) is 10.3. The molecule has 1 aromatic carbocycles. The number of thiophene rings is 1. The van der Waals surface area contributed by atoms with Crippen molar-refractivity contribution in [3.63, 3.8) is 0 Å². The predicted octanol–water partition coefficient (Wildman–Crippen LogP) is 3.03. The molecule has 0 aliphatic rings. The Hall–Kier alpha value is -2.73. The summed E-state index contributed by atoms with van der Waals surface area (Å²) in [6.07, 6.45) is 0.547. The van der Waals surface area contributed by atoms with Crippen LogP contribution in [0.2, 0.25) is 0 Å². The number of hydrogen-bond donors (Lipinski definition) is 1. The molecule has 0 unspecified atom stereocenters. The van der Waals surface area contributed by atoms with E-state index in [0.29, 0.717) is 30.2 Å². The van der Waals surface area contributed by atoms with Crippen molar-refractivity contribution in [2.75, 3.05) is 27.2 Å². The SMILES string of the molecule is Cc1oc(-c2cccs2)nc1CCOc1cccc(CN(CC(=O)O)S(=O)(=O)N(C)C)c1. The summed E-state index contributed by atoms with van der Waals surface area (Å²) in [6, 6.07) is 10.8. The molecule has 3 rings (SSSR count). The van der Waals surface area contributed by atoms with Crippen LogP contribution in [0.4, 0.5) is 0 Å². The van der Waals surface area contributed by atoms with E-state index in [9.17, 15) is 13.2 Å². The number of nitrogens with zero attached hydrogens (tertiary/aromatic N) is 3. The van der Waals surface area contributed by atoms with Crippen LogP contribution in [0, 0.1) is 6.92 Å². The Bertz CT molecular complexity index is 1160. The van der Waals surface area contributed by atoms with Crippen molar-refractivity contribution < 1.29 is 27.5 Å². The van der Waals surface area contributed by atoms with Gasteiger partial charge < -0.3 is 14.3 Å². The average molecular weight is 480 g/mol. The molecule has 32 heavy (non-hydrogen) atoms. The predicted molar refractivity (Wildman–Crippen MR) is 121 cm³/mol. The second-order valence-electron chi connectivity index (χ2n) is 7.20. The van der Waals surface area contributed by atoms with E-state index in [0.717, 1.165) is 24.9 Å². The number of oxazole rings is 1. The first-order valence-electron chi connectivity index (χ1n) is 9.78. The molecule has 0 atom stereocenters. The molecule has 0 fully saturated rings. The van der Waals surface area contributed by atoms with E-state index >= 15 is 0 Å². The van der Waals surface area contributed by atoms with Gasteiger partial charge in [0, 0.05) is 27.1 Å². The summed E-state index contributed by atoms with van der Waals surface area (Å²) >= 11 is 1.56. The van der Waals surface area contributed by atoms with Crippen LogP contribution in [-0.4, -0.2) is 60.3 Å². The summed E-state index contributed by atoms with van der Waals surface area (Å²) in [6.45, 7) is 1.50. The molecule has 0 aliphatic carbocycles. The fourth-order valence-electron chi connectivity index (χ4n) is 2.97. The molecule has 3 aromatic rings. The minimum Gasteiger partial charge on any atom is -0.493 e. The highest BCUT2D eigenvalue weighted by Crippen LogP contribution is 2.26. The van der Waals surface area contributed by atoms with Gasteiger partial charge in [-0.2, -0.15) is 17.0 Å². The minimum absolute atomic E-state index is 0.0867. The van der Waals surface area contributed by atoms with Gasteiger partial charge in [0.1, 0.15) is 18.1 Å². The number of aryl methyl sites for hydroxylation is 1. The highest BCUT2D eigenvalue weighted by molar-refractivity contribution is 7.86. The molecule has 2 heterocycles. The molecule has 0 aliphatic heterocycles. The third kappa shape index (κ3) is 5.94. The monoisotopic (exact) mass is 479 g/mol. The van der Waals surface area contributed by atoms with Crippen molar-refractivity contribution in [3.8, 4) is 16.5 Å². The quantitative estimate of drug-likeness (QED) is 0.450. The van der Waals surface area contributed by atoms with Gasteiger partial charge in [0.25, 0.3) is 10.2 Å². The van der Waals surface area contributed by atoms with Crippen LogP contribution < -0.4 is 4.74 Å². The third-order valence-electron chi connectivity index (χ3n) is 4.59. The molecule has 0 bridgehead atoms. The number of aliphatic carboxylic acids is 1. The minimum atomic E-state index is -3.89. The summed E-state index contributed by atoms with van der Waals surface area (Å²) in [5.74, 6) is 0.659. The van der Waals surface area contributed by atoms with Crippen LogP contribution >= 0.6 is 11.3 Å². The molecule has 0 radical (unpaired) electrons. The lowest BCUT2D eigenvalue weighted by Gasteiger charge is -2.24. The van der Waals surface area contributed by atoms with E-state index in [1.54, 1.807) is 35.6 Å². The number of carboxylic acids is 1. The first-order chi connectivity index (χ1) is 15.2. The van der Waals surface area contributed by atoms with Crippen molar-refractivity contribution in [3.05, 3.63) is 58.8 Å². The van der Waals surface area contributed by atoms with Gasteiger partial charge in [-0.05, 0) is 36.1 Å². The maximum absolute atomic E-state index is 12.4. The molecular formula is C21H25N3O6S2. The summed E-state index contributed by atoms with van der Waals surface area (Å²) < 4.78 is 38.3. The number of rotatable bonds is 11. The molecule has 1 N–H and O–H groups in total. The smallest absolute Gasteiger partial charge is 0.318 e. The molecule has 9 nitrogen and oxygen atoms in total. The number of hydrogen-bond acceptors (Lipinski definition) is 7. The Morgan fingerprint density at radius 2 is 2.03 bits per heavy atom. The lowest BCUT2D eigenvalue weighted by atomic mass is 10.2. The topological polar surface area (TPSA) is 113 Å². The maximum Gasteiger partial charge on any atom is 0.318 e. The molecule has 172 valence electrons. The van der Waals surface area contributed by atoms with Gasteiger partial charge in [-0.3, -0.25) is 4.79 Å². The molecule has 0 saturated heterocycles. The largest absolute Gasteiger partial charge is 0.493 e. The Balaban J connectivity index is 1.64. The summed E-state index contributed by atoms with van der Waals surface area (Å²) in [7, 11) is -1.17. The van der Waals surface area contributed by atoms with Crippen LogP contribution in [0.3, 0.4) is 0 Å². The fourth-order valence-corrected chi connectivity index (χ4v) is 4.67. The number of carbonyl (C=O) groups is 1. The summed E-state index contributed by atoms with van der Waals surface area (Å²) in [5, 5.41) is 11.1. The van der Waals surface area contributed by atoms with Gasteiger partial charge in [0.15, 0.2) is 0 Å². The summed E-state index contributed by atoms with van der Waals surface area (Å²) in [4.78, 5) is 16.7. The van der Waals surface area contributed by atoms with Crippen molar-refractivity contribution in [2.24, 2.45) is 0 Å². The van der Waals surface area contributed by atoms with Gasteiger partial charge in [-0.25, -0.2) is 4.98 Å². The number of ether oxygens (including phenoxy) is 1. The van der Waals surface area contributed by atoms with Gasteiger partial charge in [0.2, 0.25) is 5.89 Å². The zero-order valence-electron chi connectivity index (χ0n) is 18.0. The van der Waals surface area contributed by atoms with Crippen molar-refractivity contribution >= 4 is 27.5 Å². The molecule has 0 spiro atoms.